The Morgan fingerprint density at radius 1 is 1.12 bits per heavy atom. The molecule has 0 saturated heterocycles. The Kier molecular flexibility index (Phi) is 4.22. The van der Waals surface area contributed by atoms with Crippen molar-refractivity contribution in [2.45, 2.75) is 18.9 Å². The number of benzene rings is 2. The van der Waals surface area contributed by atoms with Crippen LogP contribution in [0, 0.1) is 6.92 Å². The number of hydrogen-bond acceptors (Lipinski definition) is 5. The van der Waals surface area contributed by atoms with Crippen molar-refractivity contribution in [2.75, 3.05) is 19.5 Å². The average molecular weight is 341 g/mol. The van der Waals surface area contributed by atoms with Gasteiger partial charge in [0.2, 0.25) is 0 Å². The van der Waals surface area contributed by atoms with Crippen molar-refractivity contribution in [3.8, 4) is 11.5 Å². The molecule has 0 saturated carbocycles. The number of hydrogen-bond donors (Lipinski definition) is 2. The maximum atomic E-state index is 12.7. The minimum absolute atomic E-state index is 0.333. The monoisotopic (exact) mass is 341 g/mol. The van der Waals surface area contributed by atoms with Crippen LogP contribution in [0.2, 0.25) is 0 Å². The summed E-state index contributed by atoms with van der Waals surface area (Å²) < 4.78 is 10.3. The molecule has 25 heavy (non-hydrogen) atoms. The largest absolute Gasteiger partial charge is 0.493 e. The van der Waals surface area contributed by atoms with E-state index in [-0.39, 0.29) is 12.2 Å². The highest BCUT2D eigenvalue weighted by Crippen LogP contribution is 2.40. The fourth-order valence-electron chi connectivity index (χ4n) is 2.98. The molecular weight excluding hydrogens is 322 g/mol. The van der Waals surface area contributed by atoms with Crippen LogP contribution in [-0.2, 0) is 10.4 Å². The van der Waals surface area contributed by atoms with Crippen LogP contribution < -0.4 is 14.8 Å². The minimum atomic E-state index is -1.88. The molecule has 1 atom stereocenters. The number of aliphatic hydroxyl groups is 1. The van der Waals surface area contributed by atoms with Gasteiger partial charge in [-0.25, -0.2) is 0 Å². The zero-order chi connectivity index (χ0) is 18.2. The molecule has 6 heteroatoms. The maximum Gasteiger partial charge on any atom is 0.261 e. The second-order valence-corrected chi connectivity index (χ2v) is 6.03. The number of carbonyl (C=O) groups excluding carboxylic acids is 2. The third kappa shape index (κ3) is 2.85. The molecule has 0 bridgehead atoms. The van der Waals surface area contributed by atoms with Crippen molar-refractivity contribution in [2.24, 2.45) is 0 Å². The molecule has 0 aliphatic carbocycles. The first-order chi connectivity index (χ1) is 11.9. The first-order valence-corrected chi connectivity index (χ1v) is 7.79. The smallest absolute Gasteiger partial charge is 0.261 e. The Morgan fingerprint density at radius 3 is 2.52 bits per heavy atom. The molecule has 0 radical (unpaired) electrons. The Bertz CT molecular complexity index is 861. The Labute approximate surface area is 145 Å². The predicted molar refractivity (Wildman–Crippen MR) is 92.2 cm³/mol. The molecule has 0 aromatic heterocycles. The van der Waals surface area contributed by atoms with Crippen LogP contribution in [0.25, 0.3) is 0 Å². The van der Waals surface area contributed by atoms with E-state index in [2.05, 4.69) is 5.32 Å². The van der Waals surface area contributed by atoms with Crippen LogP contribution >= 0.6 is 0 Å². The number of amides is 1. The number of ether oxygens (including phenoxy) is 2. The van der Waals surface area contributed by atoms with Gasteiger partial charge in [0, 0.05) is 16.8 Å². The molecule has 130 valence electrons. The highest BCUT2D eigenvalue weighted by Gasteiger charge is 2.46. The quantitative estimate of drug-likeness (QED) is 0.816. The molecule has 0 spiro atoms. The van der Waals surface area contributed by atoms with Crippen molar-refractivity contribution in [1.29, 1.82) is 0 Å². The second-order valence-electron chi connectivity index (χ2n) is 6.03. The van der Waals surface area contributed by atoms with E-state index in [9.17, 15) is 14.7 Å². The van der Waals surface area contributed by atoms with Crippen molar-refractivity contribution in [3.63, 3.8) is 0 Å². The summed E-state index contributed by atoms with van der Waals surface area (Å²) in [6.45, 7) is 1.86. The van der Waals surface area contributed by atoms with Gasteiger partial charge in [0.1, 0.15) is 0 Å². The van der Waals surface area contributed by atoms with E-state index in [1.165, 1.54) is 20.3 Å². The molecule has 2 aromatic rings. The first kappa shape index (κ1) is 17.0. The van der Waals surface area contributed by atoms with Gasteiger partial charge in [-0.15, -0.1) is 0 Å². The van der Waals surface area contributed by atoms with Crippen LogP contribution in [-0.4, -0.2) is 31.0 Å². The van der Waals surface area contributed by atoms with Crippen LogP contribution in [0.15, 0.2) is 36.4 Å². The number of fused-ring (bicyclic) bond motifs is 1. The Hall–Kier alpha value is -2.86. The molecule has 1 aliphatic heterocycles. The summed E-state index contributed by atoms with van der Waals surface area (Å²) in [5.41, 5.74) is 0.294. The number of ketones is 1. The minimum Gasteiger partial charge on any atom is -0.493 e. The third-order valence-corrected chi connectivity index (χ3v) is 4.37. The van der Waals surface area contributed by atoms with Gasteiger partial charge in [-0.05, 0) is 31.2 Å². The van der Waals surface area contributed by atoms with Gasteiger partial charge in [-0.1, -0.05) is 17.7 Å². The summed E-state index contributed by atoms with van der Waals surface area (Å²) in [5.74, 6) is -0.0558. The zero-order valence-electron chi connectivity index (χ0n) is 14.3. The summed E-state index contributed by atoms with van der Waals surface area (Å²) in [5, 5.41) is 13.5. The van der Waals surface area contributed by atoms with E-state index < -0.39 is 11.5 Å². The van der Waals surface area contributed by atoms with E-state index in [0.717, 1.165) is 5.56 Å². The summed E-state index contributed by atoms with van der Waals surface area (Å²) in [6.07, 6.45) is -0.356. The lowest BCUT2D eigenvalue weighted by atomic mass is 9.87. The molecule has 0 fully saturated rings. The maximum absolute atomic E-state index is 12.7. The number of rotatable bonds is 5. The fraction of sp³-hybridized carbons (Fsp3) is 0.263. The van der Waals surface area contributed by atoms with Crippen molar-refractivity contribution in [3.05, 3.63) is 53.1 Å². The molecule has 2 N–H and O–H groups in total. The van der Waals surface area contributed by atoms with Gasteiger partial charge < -0.3 is 19.9 Å². The van der Waals surface area contributed by atoms with E-state index >= 15 is 0 Å². The van der Waals surface area contributed by atoms with Crippen LogP contribution in [0.1, 0.15) is 27.9 Å². The third-order valence-electron chi connectivity index (χ3n) is 4.37. The summed E-state index contributed by atoms with van der Waals surface area (Å²) in [4.78, 5) is 25.0. The van der Waals surface area contributed by atoms with Gasteiger partial charge in [-0.3, -0.25) is 9.59 Å². The fourth-order valence-corrected chi connectivity index (χ4v) is 2.98. The van der Waals surface area contributed by atoms with Gasteiger partial charge in [0.25, 0.3) is 5.91 Å². The summed E-state index contributed by atoms with van der Waals surface area (Å²) in [6, 6.07) is 10.0. The molecule has 1 amide bonds. The molecule has 0 unspecified atom stereocenters. The van der Waals surface area contributed by atoms with Gasteiger partial charge in [-0.2, -0.15) is 0 Å². The van der Waals surface area contributed by atoms with E-state index in [1.807, 2.05) is 13.0 Å². The SMILES string of the molecule is COc1ccc(C(=O)C[C@]2(O)C(=O)Nc3ccc(C)cc32)cc1OC. The number of methoxy groups -OCH3 is 2. The predicted octanol–water partition coefficient (Wildman–Crippen LogP) is 2.42. The second kappa shape index (κ2) is 6.22. The van der Waals surface area contributed by atoms with E-state index in [4.69, 9.17) is 9.47 Å². The lowest BCUT2D eigenvalue weighted by Gasteiger charge is -2.20. The number of anilines is 1. The van der Waals surface area contributed by atoms with E-state index in [1.54, 1.807) is 24.3 Å². The highest BCUT2D eigenvalue weighted by atomic mass is 16.5. The molecule has 2 aromatic carbocycles. The Morgan fingerprint density at radius 2 is 1.84 bits per heavy atom. The number of nitrogens with one attached hydrogen (secondary N) is 1. The van der Waals surface area contributed by atoms with Crippen LogP contribution in [0.4, 0.5) is 5.69 Å². The van der Waals surface area contributed by atoms with Gasteiger partial charge in [0.05, 0.1) is 20.6 Å². The molecular formula is C19H19NO5. The van der Waals surface area contributed by atoms with Crippen molar-refractivity contribution >= 4 is 17.4 Å². The number of aryl methyl sites for hydroxylation is 1. The van der Waals surface area contributed by atoms with E-state index in [0.29, 0.717) is 28.3 Å². The van der Waals surface area contributed by atoms with Gasteiger partial charge >= 0.3 is 0 Å². The van der Waals surface area contributed by atoms with Crippen molar-refractivity contribution < 1.29 is 24.2 Å². The highest BCUT2D eigenvalue weighted by molar-refractivity contribution is 6.09. The molecule has 6 nitrogen and oxygen atoms in total. The molecule has 1 heterocycles. The first-order valence-electron chi connectivity index (χ1n) is 7.79. The lowest BCUT2D eigenvalue weighted by Crippen LogP contribution is -2.36. The van der Waals surface area contributed by atoms with Crippen molar-refractivity contribution in [1.82, 2.24) is 0 Å². The average Bonchev–Trinajstić information content (AvgIpc) is 2.84. The Balaban J connectivity index is 1.93. The summed E-state index contributed by atoms with van der Waals surface area (Å²) >= 11 is 0. The summed E-state index contributed by atoms with van der Waals surface area (Å²) in [7, 11) is 2.98. The zero-order valence-corrected chi connectivity index (χ0v) is 14.3. The van der Waals surface area contributed by atoms with Crippen LogP contribution in [0.3, 0.4) is 0 Å². The number of Topliss-reactive ketones (excluding diaryl/α,β-unsaturated/α-hetero) is 1. The molecule has 1 aliphatic rings. The van der Waals surface area contributed by atoms with Crippen LogP contribution in [0.5, 0.6) is 11.5 Å². The lowest BCUT2D eigenvalue weighted by molar-refractivity contribution is -0.133. The standard InChI is InChI=1S/C19H19NO5/c1-11-4-6-14-13(8-11)19(23,18(22)20-14)10-15(21)12-5-7-16(24-2)17(9-12)25-3/h4-9,23H,10H2,1-3H3,(H,20,22)/t19-/m1/s1. The topological polar surface area (TPSA) is 84.9 Å². The van der Waals surface area contributed by atoms with Gasteiger partial charge in [0.15, 0.2) is 22.9 Å². The number of carbonyl (C=O) groups is 2. The molecule has 3 rings (SSSR count). The normalized spacial score (nSPS) is 18.5.